The molecule has 1 aliphatic carbocycles. The third kappa shape index (κ3) is 1.82. The first-order valence-electron chi connectivity index (χ1n) is 7.59. The number of hydrogen-bond acceptors (Lipinski definition) is 5. The lowest BCUT2D eigenvalue weighted by Crippen LogP contribution is -2.09. The van der Waals surface area contributed by atoms with Gasteiger partial charge in [-0.25, -0.2) is 9.37 Å². The maximum absolute atomic E-state index is 14.3. The van der Waals surface area contributed by atoms with Crippen molar-refractivity contribution in [2.45, 2.75) is 31.9 Å². The second-order valence-corrected chi connectivity index (χ2v) is 6.08. The summed E-state index contributed by atoms with van der Waals surface area (Å²) in [6.07, 6.45) is 4.57. The van der Waals surface area contributed by atoms with Crippen LogP contribution in [0.4, 0.5) is 10.3 Å². The smallest absolute Gasteiger partial charge is 0.210 e. The number of benzene rings is 1. The minimum absolute atomic E-state index is 0.209. The number of nitrogens with zero attached hydrogens (tertiary/aromatic N) is 4. The molecule has 0 bridgehead atoms. The van der Waals surface area contributed by atoms with Gasteiger partial charge in [-0.3, -0.25) is 4.40 Å². The number of anilines is 1. The zero-order valence-electron chi connectivity index (χ0n) is 12.5. The van der Waals surface area contributed by atoms with Gasteiger partial charge in [0.15, 0.2) is 5.65 Å². The molecule has 1 aliphatic heterocycles. The highest BCUT2D eigenvalue weighted by Crippen LogP contribution is 2.55. The van der Waals surface area contributed by atoms with Crippen molar-refractivity contribution in [3.05, 3.63) is 47.2 Å². The summed E-state index contributed by atoms with van der Waals surface area (Å²) in [5, 5.41) is 11.2. The molecule has 1 aromatic carbocycles. The van der Waals surface area contributed by atoms with Crippen LogP contribution in [0.1, 0.15) is 29.0 Å². The Morgan fingerprint density at radius 1 is 1.43 bits per heavy atom. The standard InChI is InChI=1S/C16H14FN5O/c1-8-5-18-16(22-7-20-21-15(8)22)19-6-10-11(17)2-3-12-14(10)9-4-13(9)23-12/h2-3,5,7,9,13H,4,6H2,1H3,(H,18,19)/t9-,13+/m0/s1. The van der Waals surface area contributed by atoms with Crippen molar-refractivity contribution in [1.82, 2.24) is 19.6 Å². The lowest BCUT2D eigenvalue weighted by atomic mass is 10.0. The molecule has 6 nitrogen and oxygen atoms in total. The molecule has 1 fully saturated rings. The number of aromatic nitrogens is 4. The summed E-state index contributed by atoms with van der Waals surface area (Å²) in [4.78, 5) is 4.36. The van der Waals surface area contributed by atoms with Crippen LogP contribution in [0.5, 0.6) is 5.75 Å². The number of halogens is 1. The van der Waals surface area contributed by atoms with Crippen molar-refractivity contribution >= 4 is 11.6 Å². The molecule has 5 rings (SSSR count). The average Bonchev–Trinajstić information content (AvgIpc) is 2.97. The minimum atomic E-state index is -0.209. The molecule has 0 amide bonds. The van der Waals surface area contributed by atoms with E-state index in [4.69, 9.17) is 4.74 Å². The van der Waals surface area contributed by atoms with Crippen LogP contribution in [0.3, 0.4) is 0 Å². The second kappa shape index (κ2) is 4.41. The van der Waals surface area contributed by atoms with Gasteiger partial charge >= 0.3 is 0 Å². The molecule has 0 unspecified atom stereocenters. The van der Waals surface area contributed by atoms with E-state index in [0.29, 0.717) is 24.0 Å². The Balaban J connectivity index is 1.50. The van der Waals surface area contributed by atoms with Gasteiger partial charge < -0.3 is 10.1 Å². The summed E-state index contributed by atoms with van der Waals surface area (Å²) in [5.74, 6) is 1.55. The van der Waals surface area contributed by atoms with Crippen LogP contribution in [0.2, 0.25) is 0 Å². The summed E-state index contributed by atoms with van der Waals surface area (Å²) < 4.78 is 21.8. The van der Waals surface area contributed by atoms with Crippen molar-refractivity contribution in [2.75, 3.05) is 5.32 Å². The molecule has 3 heterocycles. The Morgan fingerprint density at radius 3 is 3.26 bits per heavy atom. The lowest BCUT2D eigenvalue weighted by molar-refractivity contribution is 0.318. The highest BCUT2D eigenvalue weighted by atomic mass is 19.1. The molecule has 2 aliphatic rings. The third-order valence-corrected chi connectivity index (χ3v) is 4.57. The minimum Gasteiger partial charge on any atom is -0.489 e. The van der Waals surface area contributed by atoms with E-state index in [0.717, 1.165) is 28.9 Å². The number of aryl methyl sites for hydroxylation is 1. The fraction of sp³-hybridized carbons (Fsp3) is 0.312. The van der Waals surface area contributed by atoms with Crippen LogP contribution in [0.15, 0.2) is 24.7 Å². The number of rotatable bonds is 3. The normalized spacial score (nSPS) is 21.0. The Kier molecular flexibility index (Phi) is 2.45. The van der Waals surface area contributed by atoms with E-state index in [1.165, 1.54) is 6.07 Å². The van der Waals surface area contributed by atoms with E-state index in [2.05, 4.69) is 20.5 Å². The zero-order chi connectivity index (χ0) is 15.6. The van der Waals surface area contributed by atoms with Gasteiger partial charge in [0, 0.05) is 35.3 Å². The van der Waals surface area contributed by atoms with Crippen LogP contribution in [-0.2, 0) is 6.54 Å². The Labute approximate surface area is 131 Å². The molecule has 3 aromatic rings. The summed E-state index contributed by atoms with van der Waals surface area (Å²) in [6.45, 7) is 2.28. The van der Waals surface area contributed by atoms with E-state index in [-0.39, 0.29) is 11.9 Å². The fourth-order valence-corrected chi connectivity index (χ4v) is 3.31. The maximum atomic E-state index is 14.3. The number of fused-ring (bicyclic) bond motifs is 4. The van der Waals surface area contributed by atoms with Crippen LogP contribution in [-0.4, -0.2) is 25.7 Å². The lowest BCUT2D eigenvalue weighted by Gasteiger charge is -2.13. The van der Waals surface area contributed by atoms with Crippen LogP contribution in [0.25, 0.3) is 5.65 Å². The highest BCUT2D eigenvalue weighted by Gasteiger charge is 2.49. The summed E-state index contributed by atoms with van der Waals surface area (Å²) >= 11 is 0. The monoisotopic (exact) mass is 311 g/mol. The summed E-state index contributed by atoms with van der Waals surface area (Å²) in [5.41, 5.74) is 3.35. The molecular formula is C16H14FN5O. The number of hydrogen-bond donors (Lipinski definition) is 1. The SMILES string of the molecule is Cc1cnc(NCc2c(F)ccc3c2[C@H]2C[C@H]2O3)n2cnnc12. The van der Waals surface area contributed by atoms with Crippen molar-refractivity contribution in [3.63, 3.8) is 0 Å². The molecule has 0 saturated heterocycles. The van der Waals surface area contributed by atoms with Crippen molar-refractivity contribution in [1.29, 1.82) is 0 Å². The molecule has 7 heteroatoms. The third-order valence-electron chi connectivity index (χ3n) is 4.57. The number of nitrogens with one attached hydrogen (secondary N) is 1. The van der Waals surface area contributed by atoms with Gasteiger partial charge in [0.05, 0.1) is 0 Å². The van der Waals surface area contributed by atoms with Crippen molar-refractivity contribution < 1.29 is 9.13 Å². The van der Waals surface area contributed by atoms with Crippen molar-refractivity contribution in [2.24, 2.45) is 0 Å². The van der Waals surface area contributed by atoms with Gasteiger partial charge in [-0.1, -0.05) is 0 Å². The van der Waals surface area contributed by atoms with Crippen LogP contribution >= 0.6 is 0 Å². The molecule has 2 atom stereocenters. The molecule has 1 N–H and O–H groups in total. The van der Waals surface area contributed by atoms with Crippen LogP contribution < -0.4 is 10.1 Å². The maximum Gasteiger partial charge on any atom is 0.210 e. The fourth-order valence-electron chi connectivity index (χ4n) is 3.31. The quantitative estimate of drug-likeness (QED) is 0.805. The van der Waals surface area contributed by atoms with Gasteiger partial charge in [0.2, 0.25) is 5.95 Å². The van der Waals surface area contributed by atoms with Gasteiger partial charge in [-0.15, -0.1) is 10.2 Å². The Hall–Kier alpha value is -2.70. The predicted molar refractivity (Wildman–Crippen MR) is 81.0 cm³/mol. The summed E-state index contributed by atoms with van der Waals surface area (Å²) in [7, 11) is 0. The van der Waals surface area contributed by atoms with E-state index < -0.39 is 0 Å². The van der Waals surface area contributed by atoms with E-state index >= 15 is 0 Å². The van der Waals surface area contributed by atoms with E-state index in [9.17, 15) is 4.39 Å². The van der Waals surface area contributed by atoms with Gasteiger partial charge in [0.1, 0.15) is 24.0 Å². The summed E-state index contributed by atoms with van der Waals surface area (Å²) in [6, 6.07) is 3.19. The topological polar surface area (TPSA) is 64.3 Å². The predicted octanol–water partition coefficient (Wildman–Crippen LogP) is 2.43. The first-order valence-corrected chi connectivity index (χ1v) is 7.59. The largest absolute Gasteiger partial charge is 0.489 e. The number of ether oxygens (including phenoxy) is 1. The molecule has 0 spiro atoms. The first-order chi connectivity index (χ1) is 11.2. The molecule has 23 heavy (non-hydrogen) atoms. The molecule has 0 radical (unpaired) electrons. The molecule has 116 valence electrons. The molecular weight excluding hydrogens is 297 g/mol. The Morgan fingerprint density at radius 2 is 2.35 bits per heavy atom. The zero-order valence-corrected chi connectivity index (χ0v) is 12.5. The average molecular weight is 311 g/mol. The molecule has 1 saturated carbocycles. The van der Waals surface area contributed by atoms with E-state index in [1.807, 2.05) is 6.92 Å². The Bertz CT molecular complexity index is 938. The molecule has 2 aromatic heterocycles. The second-order valence-electron chi connectivity index (χ2n) is 6.08. The van der Waals surface area contributed by atoms with Crippen molar-refractivity contribution in [3.8, 4) is 5.75 Å². The first kappa shape index (κ1) is 12.8. The van der Waals surface area contributed by atoms with E-state index in [1.54, 1.807) is 23.0 Å². The highest BCUT2D eigenvalue weighted by molar-refractivity contribution is 5.53. The van der Waals surface area contributed by atoms with Gasteiger partial charge in [0.25, 0.3) is 0 Å². The van der Waals surface area contributed by atoms with Crippen LogP contribution in [0, 0.1) is 12.7 Å². The van der Waals surface area contributed by atoms with Gasteiger partial charge in [-0.2, -0.15) is 0 Å². The van der Waals surface area contributed by atoms with Gasteiger partial charge in [-0.05, 0) is 25.5 Å².